The summed E-state index contributed by atoms with van der Waals surface area (Å²) < 4.78 is 22.3. The highest BCUT2D eigenvalue weighted by Crippen LogP contribution is 2.31. The highest BCUT2D eigenvalue weighted by molar-refractivity contribution is 7.89. The van der Waals surface area contributed by atoms with Crippen molar-refractivity contribution in [2.24, 2.45) is 5.14 Å². The number of rotatable bonds is 4. The lowest BCUT2D eigenvalue weighted by Crippen LogP contribution is -2.11. The number of hydrogen-bond donors (Lipinski definition) is 1. The van der Waals surface area contributed by atoms with Crippen LogP contribution in [-0.2, 0) is 11.4 Å². The molecule has 112 valence electrons. The van der Waals surface area contributed by atoms with Gasteiger partial charge in [-0.15, -0.1) is 5.14 Å². The van der Waals surface area contributed by atoms with Crippen molar-refractivity contribution >= 4 is 22.3 Å². The average Bonchev–Trinajstić information content (AvgIpc) is 2.55. The first-order valence-electron chi connectivity index (χ1n) is 6.54. The summed E-state index contributed by atoms with van der Waals surface area (Å²) in [7, 11) is 1.62. The predicted molar refractivity (Wildman–Crippen MR) is 85.4 cm³/mol. The van der Waals surface area contributed by atoms with Gasteiger partial charge < -0.3 is 14.0 Å². The Morgan fingerprint density at radius 2 is 1.77 bits per heavy atom. The summed E-state index contributed by atoms with van der Waals surface area (Å²) in [4.78, 5) is 4.87. The van der Waals surface area contributed by atoms with Crippen LogP contribution in [0.2, 0.25) is 0 Å². The molecule has 0 saturated heterocycles. The maximum atomic E-state index is 11.2. The van der Waals surface area contributed by atoms with Gasteiger partial charge in [-0.1, -0.05) is 0 Å². The largest absolute Gasteiger partial charge is 0.593 e. The number of pyridine rings is 1. The first kappa shape index (κ1) is 14.6. The molecule has 3 rings (SSSR count). The van der Waals surface area contributed by atoms with Gasteiger partial charge in [0.2, 0.25) is 0 Å². The van der Waals surface area contributed by atoms with Crippen LogP contribution in [0.25, 0.3) is 10.9 Å². The van der Waals surface area contributed by atoms with E-state index in [-0.39, 0.29) is 0 Å². The molecular formula is C16H14N2O3S. The second-order valence-corrected chi connectivity index (χ2v) is 5.63. The molecule has 3 aromatic rings. The van der Waals surface area contributed by atoms with Crippen LogP contribution in [0, 0.1) is 0 Å². The molecule has 2 N–H and O–H groups in total. The Morgan fingerprint density at radius 3 is 2.45 bits per heavy atom. The zero-order valence-electron chi connectivity index (χ0n) is 11.9. The van der Waals surface area contributed by atoms with E-state index in [1.54, 1.807) is 43.6 Å². The summed E-state index contributed by atoms with van der Waals surface area (Å²) >= 11 is -1.49. The number of nitrogens with zero attached hydrogens (tertiary/aromatic N) is 1. The fraction of sp³-hybridized carbons (Fsp3) is 0.0625. The number of methoxy groups -OCH3 is 1. The lowest BCUT2D eigenvalue weighted by atomic mass is 10.2. The second-order valence-electron chi connectivity index (χ2n) is 4.56. The molecule has 0 aliphatic heterocycles. The van der Waals surface area contributed by atoms with E-state index in [1.165, 1.54) is 0 Å². The summed E-state index contributed by atoms with van der Waals surface area (Å²) in [6.45, 7) is 0. The topological polar surface area (TPSA) is 80.4 Å². The smallest absolute Gasteiger partial charge is 0.173 e. The first-order valence-corrected chi connectivity index (χ1v) is 7.75. The maximum Gasteiger partial charge on any atom is 0.173 e. The Kier molecular flexibility index (Phi) is 4.15. The van der Waals surface area contributed by atoms with E-state index < -0.39 is 11.4 Å². The third-order valence-electron chi connectivity index (χ3n) is 3.19. The summed E-state index contributed by atoms with van der Waals surface area (Å²) in [6.07, 6.45) is 1.68. The van der Waals surface area contributed by atoms with Gasteiger partial charge in [0.1, 0.15) is 17.2 Å². The van der Waals surface area contributed by atoms with Crippen LogP contribution in [0.1, 0.15) is 0 Å². The highest BCUT2D eigenvalue weighted by atomic mass is 32.2. The monoisotopic (exact) mass is 314 g/mol. The minimum Gasteiger partial charge on any atom is -0.593 e. The molecule has 1 aromatic heterocycles. The van der Waals surface area contributed by atoms with E-state index in [0.717, 1.165) is 16.7 Å². The minimum atomic E-state index is -1.49. The molecule has 0 amide bonds. The summed E-state index contributed by atoms with van der Waals surface area (Å²) in [5.41, 5.74) is 0.788. The van der Waals surface area contributed by atoms with Gasteiger partial charge in [0.15, 0.2) is 4.90 Å². The summed E-state index contributed by atoms with van der Waals surface area (Å²) in [6, 6.07) is 14.2. The number of hydrogen-bond acceptors (Lipinski definition) is 5. The van der Waals surface area contributed by atoms with E-state index in [1.807, 2.05) is 18.2 Å². The van der Waals surface area contributed by atoms with Crippen LogP contribution >= 0.6 is 0 Å². The Balaban J connectivity index is 1.93. The van der Waals surface area contributed by atoms with Crippen LogP contribution in [0.4, 0.5) is 0 Å². The van der Waals surface area contributed by atoms with Gasteiger partial charge >= 0.3 is 0 Å². The van der Waals surface area contributed by atoms with Gasteiger partial charge in [0.05, 0.1) is 24.0 Å². The molecule has 0 fully saturated rings. The Hall–Kier alpha value is -2.28. The van der Waals surface area contributed by atoms with Crippen molar-refractivity contribution in [1.82, 2.24) is 4.98 Å². The molecule has 2 aromatic carbocycles. The van der Waals surface area contributed by atoms with Crippen molar-refractivity contribution in [3.8, 4) is 17.2 Å². The Labute approximate surface area is 131 Å². The molecule has 0 aliphatic carbocycles. The molecule has 22 heavy (non-hydrogen) atoms. The fourth-order valence-corrected chi connectivity index (χ4v) is 2.49. The molecule has 6 heteroatoms. The summed E-state index contributed by atoms with van der Waals surface area (Å²) in [5, 5.41) is 6.21. The maximum absolute atomic E-state index is 11.2. The van der Waals surface area contributed by atoms with Gasteiger partial charge in [-0.05, 0) is 42.5 Å². The summed E-state index contributed by atoms with van der Waals surface area (Å²) in [5.74, 6) is 2.07. The van der Waals surface area contributed by atoms with Crippen LogP contribution in [0.5, 0.6) is 17.2 Å². The molecule has 0 spiro atoms. The SMILES string of the molecule is COc1ccc2c(Oc3ccc([S+](N)[O-])cc3)ccnc2c1. The molecule has 1 atom stereocenters. The number of ether oxygens (including phenoxy) is 2. The van der Waals surface area contributed by atoms with Gasteiger partial charge in [0.25, 0.3) is 0 Å². The zero-order chi connectivity index (χ0) is 15.5. The second kappa shape index (κ2) is 6.23. The van der Waals surface area contributed by atoms with Crippen molar-refractivity contribution in [3.05, 3.63) is 54.7 Å². The standard InChI is InChI=1S/C16H14N2O3S/c1-20-12-4-7-14-15(10-12)18-9-8-16(14)21-11-2-5-13(6-3-11)22(17)19/h2-10H,17H2,1H3. The fourth-order valence-electron chi connectivity index (χ4n) is 2.09. The van der Waals surface area contributed by atoms with E-state index in [0.29, 0.717) is 16.4 Å². The van der Waals surface area contributed by atoms with E-state index in [4.69, 9.17) is 14.6 Å². The molecule has 0 radical (unpaired) electrons. The number of fused-ring (bicyclic) bond motifs is 1. The number of aromatic nitrogens is 1. The molecule has 1 heterocycles. The average molecular weight is 314 g/mol. The van der Waals surface area contributed by atoms with Crippen molar-refractivity contribution < 1.29 is 14.0 Å². The Bertz CT molecular complexity index is 791. The van der Waals surface area contributed by atoms with Gasteiger partial charge in [0, 0.05) is 17.6 Å². The van der Waals surface area contributed by atoms with Crippen LogP contribution < -0.4 is 14.6 Å². The normalized spacial score (nSPS) is 12.1. The van der Waals surface area contributed by atoms with E-state index >= 15 is 0 Å². The minimum absolute atomic E-state index is 0.552. The lowest BCUT2D eigenvalue weighted by molar-refractivity contribution is 0.415. The molecule has 0 bridgehead atoms. The number of nitrogens with two attached hydrogens (primary N) is 1. The molecule has 0 aliphatic rings. The van der Waals surface area contributed by atoms with Gasteiger partial charge in [-0.3, -0.25) is 4.98 Å². The van der Waals surface area contributed by atoms with Crippen molar-refractivity contribution in [3.63, 3.8) is 0 Å². The third kappa shape index (κ3) is 2.99. The van der Waals surface area contributed by atoms with Crippen LogP contribution in [-0.4, -0.2) is 16.6 Å². The quantitative estimate of drug-likeness (QED) is 0.749. The van der Waals surface area contributed by atoms with E-state index in [2.05, 4.69) is 4.98 Å². The highest BCUT2D eigenvalue weighted by Gasteiger charge is 2.08. The molecular weight excluding hydrogens is 300 g/mol. The first-order chi connectivity index (χ1) is 10.7. The third-order valence-corrected chi connectivity index (χ3v) is 3.93. The lowest BCUT2D eigenvalue weighted by Gasteiger charge is -2.10. The van der Waals surface area contributed by atoms with Crippen molar-refractivity contribution in [1.29, 1.82) is 0 Å². The predicted octanol–water partition coefficient (Wildman–Crippen LogP) is 3.02. The molecule has 5 nitrogen and oxygen atoms in total. The van der Waals surface area contributed by atoms with Crippen molar-refractivity contribution in [2.75, 3.05) is 7.11 Å². The van der Waals surface area contributed by atoms with Gasteiger partial charge in [-0.25, -0.2) is 0 Å². The number of benzene rings is 2. The van der Waals surface area contributed by atoms with Crippen molar-refractivity contribution in [2.45, 2.75) is 4.90 Å². The molecule has 0 saturated carbocycles. The zero-order valence-corrected chi connectivity index (χ0v) is 12.7. The van der Waals surface area contributed by atoms with E-state index in [9.17, 15) is 4.55 Å². The van der Waals surface area contributed by atoms with Gasteiger partial charge in [-0.2, -0.15) is 0 Å². The van der Waals surface area contributed by atoms with Crippen LogP contribution in [0.15, 0.2) is 59.6 Å². The van der Waals surface area contributed by atoms with Crippen LogP contribution in [0.3, 0.4) is 0 Å². The Morgan fingerprint density at radius 1 is 1.05 bits per heavy atom. The molecule has 1 unspecified atom stereocenters.